The van der Waals surface area contributed by atoms with Gasteiger partial charge in [0.25, 0.3) is 0 Å². The topological polar surface area (TPSA) is 24.9 Å². The number of hydrogen-bond donors (Lipinski definition) is 1. The Kier molecular flexibility index (Phi) is 3.37. The normalized spacial score (nSPS) is 19.9. The highest BCUT2D eigenvalue weighted by Crippen LogP contribution is 2.36. The van der Waals surface area contributed by atoms with Gasteiger partial charge in [-0.05, 0) is 55.8 Å². The molecule has 2 heteroatoms. The van der Waals surface area contributed by atoms with Crippen molar-refractivity contribution < 1.29 is 0 Å². The second-order valence-corrected chi connectivity index (χ2v) is 4.73. The van der Waals surface area contributed by atoms with Crippen LogP contribution < -0.4 is 5.32 Å². The largest absolute Gasteiger partial charge is 0.310 e. The van der Waals surface area contributed by atoms with Gasteiger partial charge in [0, 0.05) is 18.4 Å². The zero-order valence-corrected chi connectivity index (χ0v) is 9.61. The summed E-state index contributed by atoms with van der Waals surface area (Å²) in [5.74, 6) is 1.82. The van der Waals surface area contributed by atoms with Gasteiger partial charge in [0.1, 0.15) is 0 Å². The fraction of sp³-hybridized carbons (Fsp3) is 0.615. The van der Waals surface area contributed by atoms with E-state index >= 15 is 0 Å². The summed E-state index contributed by atoms with van der Waals surface area (Å²) in [6.07, 6.45) is 6.59. The van der Waals surface area contributed by atoms with Crippen molar-refractivity contribution in [1.29, 1.82) is 0 Å². The molecule has 2 atom stereocenters. The zero-order valence-electron chi connectivity index (χ0n) is 9.61. The first-order chi connectivity index (χ1) is 7.27. The third-order valence-electron chi connectivity index (χ3n) is 3.38. The van der Waals surface area contributed by atoms with E-state index in [2.05, 4.69) is 36.3 Å². The summed E-state index contributed by atoms with van der Waals surface area (Å²) in [6.45, 7) is 5.70. The van der Waals surface area contributed by atoms with Crippen molar-refractivity contribution in [3.8, 4) is 0 Å². The van der Waals surface area contributed by atoms with Crippen molar-refractivity contribution in [2.75, 3.05) is 6.54 Å². The van der Waals surface area contributed by atoms with E-state index in [0.717, 1.165) is 18.4 Å². The van der Waals surface area contributed by atoms with Crippen molar-refractivity contribution in [2.24, 2.45) is 11.8 Å². The molecule has 1 fully saturated rings. The predicted molar refractivity (Wildman–Crippen MR) is 62.5 cm³/mol. The Labute approximate surface area is 92.1 Å². The molecule has 2 rings (SSSR count). The second-order valence-electron chi connectivity index (χ2n) is 4.73. The molecule has 1 saturated carbocycles. The van der Waals surface area contributed by atoms with Crippen LogP contribution in [-0.4, -0.2) is 11.5 Å². The van der Waals surface area contributed by atoms with E-state index < -0.39 is 0 Å². The van der Waals surface area contributed by atoms with Gasteiger partial charge in [-0.15, -0.1) is 0 Å². The fourth-order valence-electron chi connectivity index (χ4n) is 1.96. The molecule has 82 valence electrons. The van der Waals surface area contributed by atoms with E-state index in [9.17, 15) is 0 Å². The first kappa shape index (κ1) is 10.6. The molecular weight excluding hydrogens is 184 g/mol. The standard InChI is InChI=1S/C13H20N2/c1-10(12-3-4-12)9-15-11(2)13-5-7-14-8-6-13/h5-8,10-12,15H,3-4,9H2,1-2H3. The molecule has 0 saturated heterocycles. The van der Waals surface area contributed by atoms with Gasteiger partial charge in [-0.25, -0.2) is 0 Å². The lowest BCUT2D eigenvalue weighted by atomic mass is 10.1. The van der Waals surface area contributed by atoms with E-state index in [1.54, 1.807) is 0 Å². The second kappa shape index (κ2) is 4.75. The molecule has 1 aliphatic carbocycles. The molecular formula is C13H20N2. The maximum atomic E-state index is 4.03. The van der Waals surface area contributed by atoms with Gasteiger partial charge in [-0.2, -0.15) is 0 Å². The lowest BCUT2D eigenvalue weighted by Gasteiger charge is -2.17. The highest BCUT2D eigenvalue weighted by Gasteiger charge is 2.27. The van der Waals surface area contributed by atoms with Crippen molar-refractivity contribution in [3.63, 3.8) is 0 Å². The first-order valence-electron chi connectivity index (χ1n) is 5.90. The van der Waals surface area contributed by atoms with Crippen LogP contribution in [-0.2, 0) is 0 Å². The third-order valence-corrected chi connectivity index (χ3v) is 3.38. The van der Waals surface area contributed by atoms with E-state index in [1.807, 2.05) is 12.4 Å². The number of aromatic nitrogens is 1. The van der Waals surface area contributed by atoms with Gasteiger partial charge in [0.2, 0.25) is 0 Å². The Morgan fingerprint density at radius 3 is 2.60 bits per heavy atom. The number of hydrogen-bond acceptors (Lipinski definition) is 2. The van der Waals surface area contributed by atoms with Gasteiger partial charge < -0.3 is 5.32 Å². The first-order valence-corrected chi connectivity index (χ1v) is 5.90. The summed E-state index contributed by atoms with van der Waals surface area (Å²) in [7, 11) is 0. The highest BCUT2D eigenvalue weighted by atomic mass is 14.9. The molecule has 0 spiro atoms. The SMILES string of the molecule is CC(NCC(C)C1CC1)c1ccncc1. The van der Waals surface area contributed by atoms with Crippen LogP contribution in [0.25, 0.3) is 0 Å². The molecule has 15 heavy (non-hydrogen) atoms. The summed E-state index contributed by atoms with van der Waals surface area (Å²) >= 11 is 0. The van der Waals surface area contributed by atoms with Crippen LogP contribution in [0.1, 0.15) is 38.3 Å². The number of nitrogens with one attached hydrogen (secondary N) is 1. The Balaban J connectivity index is 1.79. The van der Waals surface area contributed by atoms with Crippen LogP contribution in [0.4, 0.5) is 0 Å². The average molecular weight is 204 g/mol. The maximum Gasteiger partial charge on any atom is 0.0293 e. The highest BCUT2D eigenvalue weighted by molar-refractivity contribution is 5.13. The van der Waals surface area contributed by atoms with Gasteiger partial charge in [0.05, 0.1) is 0 Å². The molecule has 2 unspecified atom stereocenters. The van der Waals surface area contributed by atoms with Gasteiger partial charge in [-0.3, -0.25) is 4.98 Å². The molecule has 2 nitrogen and oxygen atoms in total. The number of nitrogens with zero attached hydrogens (tertiary/aromatic N) is 1. The zero-order chi connectivity index (χ0) is 10.7. The number of pyridine rings is 1. The monoisotopic (exact) mass is 204 g/mol. The Morgan fingerprint density at radius 2 is 2.00 bits per heavy atom. The Hall–Kier alpha value is -0.890. The van der Waals surface area contributed by atoms with Crippen LogP contribution in [0.15, 0.2) is 24.5 Å². The summed E-state index contributed by atoms with van der Waals surface area (Å²) in [5, 5.41) is 3.59. The average Bonchev–Trinajstić information content (AvgIpc) is 3.10. The minimum atomic E-state index is 0.439. The fourth-order valence-corrected chi connectivity index (χ4v) is 1.96. The van der Waals surface area contributed by atoms with E-state index in [1.165, 1.54) is 18.4 Å². The molecule has 0 radical (unpaired) electrons. The lowest BCUT2D eigenvalue weighted by molar-refractivity contribution is 0.432. The van der Waals surface area contributed by atoms with Crippen LogP contribution >= 0.6 is 0 Å². The quantitative estimate of drug-likeness (QED) is 0.797. The summed E-state index contributed by atoms with van der Waals surface area (Å²) in [5.41, 5.74) is 1.33. The Bertz CT molecular complexity index is 293. The van der Waals surface area contributed by atoms with Crippen molar-refractivity contribution in [1.82, 2.24) is 10.3 Å². The van der Waals surface area contributed by atoms with E-state index in [0.29, 0.717) is 6.04 Å². The van der Waals surface area contributed by atoms with Crippen LogP contribution in [0.3, 0.4) is 0 Å². The Morgan fingerprint density at radius 1 is 1.33 bits per heavy atom. The van der Waals surface area contributed by atoms with Crippen molar-refractivity contribution in [2.45, 2.75) is 32.7 Å². The summed E-state index contributed by atoms with van der Waals surface area (Å²) in [4.78, 5) is 4.03. The molecule has 1 aromatic heterocycles. The smallest absolute Gasteiger partial charge is 0.0293 e. The summed E-state index contributed by atoms with van der Waals surface area (Å²) < 4.78 is 0. The van der Waals surface area contributed by atoms with Crippen LogP contribution in [0, 0.1) is 11.8 Å². The molecule has 1 heterocycles. The van der Waals surface area contributed by atoms with Crippen molar-refractivity contribution >= 4 is 0 Å². The molecule has 1 aliphatic rings. The molecule has 0 aliphatic heterocycles. The van der Waals surface area contributed by atoms with E-state index in [-0.39, 0.29) is 0 Å². The molecule has 0 bridgehead atoms. The summed E-state index contributed by atoms with van der Waals surface area (Å²) in [6, 6.07) is 4.60. The minimum Gasteiger partial charge on any atom is -0.310 e. The van der Waals surface area contributed by atoms with Crippen molar-refractivity contribution in [3.05, 3.63) is 30.1 Å². The lowest BCUT2D eigenvalue weighted by Crippen LogP contribution is -2.25. The van der Waals surface area contributed by atoms with Crippen LogP contribution in [0.2, 0.25) is 0 Å². The van der Waals surface area contributed by atoms with Gasteiger partial charge in [0.15, 0.2) is 0 Å². The van der Waals surface area contributed by atoms with E-state index in [4.69, 9.17) is 0 Å². The molecule has 1 N–H and O–H groups in total. The van der Waals surface area contributed by atoms with Gasteiger partial charge in [-0.1, -0.05) is 6.92 Å². The number of rotatable bonds is 5. The predicted octanol–water partition coefficient (Wildman–Crippen LogP) is 2.78. The third kappa shape index (κ3) is 3.03. The molecule has 1 aromatic rings. The molecule has 0 amide bonds. The maximum absolute atomic E-state index is 4.03. The van der Waals surface area contributed by atoms with Crippen LogP contribution in [0.5, 0.6) is 0 Å². The van der Waals surface area contributed by atoms with Gasteiger partial charge >= 0.3 is 0 Å². The minimum absolute atomic E-state index is 0.439. The molecule has 0 aromatic carbocycles.